The van der Waals surface area contributed by atoms with Gasteiger partial charge in [-0.3, -0.25) is 0 Å². The maximum atomic E-state index is 12.5. The Labute approximate surface area is 255 Å². The van der Waals surface area contributed by atoms with E-state index in [4.69, 9.17) is 15.2 Å². The predicted molar refractivity (Wildman–Crippen MR) is 171 cm³/mol. The maximum absolute atomic E-state index is 12.5. The van der Waals surface area contributed by atoms with E-state index >= 15 is 0 Å². The zero-order valence-corrected chi connectivity index (χ0v) is 25.9. The third-order valence-corrected chi connectivity index (χ3v) is 7.39. The van der Waals surface area contributed by atoms with Gasteiger partial charge in [0.15, 0.2) is 0 Å². The first-order chi connectivity index (χ1) is 20.8. The van der Waals surface area contributed by atoms with Crippen LogP contribution < -0.4 is 16.4 Å². The second-order valence-electron chi connectivity index (χ2n) is 10.8. The first kappa shape index (κ1) is 33.3. The molecule has 0 spiro atoms. The Balaban J connectivity index is 1.55. The normalized spacial score (nSPS) is 12.3. The number of nitrogens with two attached hydrogens (primary N) is 1. The summed E-state index contributed by atoms with van der Waals surface area (Å²) in [6.07, 6.45) is 8.64. The summed E-state index contributed by atoms with van der Waals surface area (Å²) < 4.78 is 11.1. The average Bonchev–Trinajstić information content (AvgIpc) is 3.01. The summed E-state index contributed by atoms with van der Waals surface area (Å²) >= 11 is 0. The van der Waals surface area contributed by atoms with Crippen molar-refractivity contribution in [3.05, 3.63) is 59.7 Å². The Hall–Kier alpha value is -4.21. The second-order valence-corrected chi connectivity index (χ2v) is 10.8. The van der Waals surface area contributed by atoms with Crippen LogP contribution in [0.4, 0.5) is 29.2 Å². The van der Waals surface area contributed by atoms with Gasteiger partial charge in [0, 0.05) is 11.4 Å². The van der Waals surface area contributed by atoms with E-state index in [1.54, 1.807) is 48.5 Å². The Kier molecular flexibility index (Phi) is 13.7. The minimum absolute atomic E-state index is 0.0301. The molecule has 2 unspecified atom stereocenters. The molecule has 0 aliphatic carbocycles. The van der Waals surface area contributed by atoms with Crippen LogP contribution >= 0.6 is 0 Å². The molecule has 4 N–H and O–H groups in total. The van der Waals surface area contributed by atoms with Crippen molar-refractivity contribution in [1.82, 2.24) is 15.0 Å². The topological polar surface area (TPSA) is 141 Å². The third-order valence-electron chi connectivity index (χ3n) is 7.39. The fourth-order valence-corrected chi connectivity index (χ4v) is 4.49. The largest absolute Gasteiger partial charge is 0.462 e. The lowest BCUT2D eigenvalue weighted by atomic mass is 10.0. The summed E-state index contributed by atoms with van der Waals surface area (Å²) in [5.74, 6) is 0.594. The van der Waals surface area contributed by atoms with Crippen molar-refractivity contribution in [2.24, 2.45) is 11.8 Å². The summed E-state index contributed by atoms with van der Waals surface area (Å²) in [7, 11) is 0. The SMILES string of the molecule is CCCCC(CC)COC(=O)c1ccc(Nc2nc(N)nc(Nc3ccc(C(=O)OCC(CC)CCCC)cc3)n2)cc1. The number of benzene rings is 2. The third kappa shape index (κ3) is 11.2. The Morgan fingerprint density at radius 2 is 1.07 bits per heavy atom. The first-order valence-electron chi connectivity index (χ1n) is 15.4. The number of nitrogens with one attached hydrogen (secondary N) is 2. The minimum Gasteiger partial charge on any atom is -0.462 e. The molecule has 2 aromatic carbocycles. The number of aromatic nitrogens is 3. The van der Waals surface area contributed by atoms with Gasteiger partial charge in [-0.2, -0.15) is 15.0 Å². The van der Waals surface area contributed by atoms with Crippen molar-refractivity contribution in [3.8, 4) is 0 Å². The van der Waals surface area contributed by atoms with Gasteiger partial charge in [-0.15, -0.1) is 0 Å². The van der Waals surface area contributed by atoms with Crippen molar-refractivity contribution in [1.29, 1.82) is 0 Å². The molecule has 1 aromatic heterocycles. The number of rotatable bonds is 18. The lowest BCUT2D eigenvalue weighted by Gasteiger charge is -2.15. The van der Waals surface area contributed by atoms with Crippen molar-refractivity contribution in [2.75, 3.05) is 29.6 Å². The van der Waals surface area contributed by atoms with Crippen molar-refractivity contribution >= 4 is 41.2 Å². The summed E-state index contributed by atoms with van der Waals surface area (Å²) in [6.45, 7) is 9.43. The van der Waals surface area contributed by atoms with E-state index in [2.05, 4.69) is 53.3 Å². The maximum Gasteiger partial charge on any atom is 0.338 e. The molecule has 10 nitrogen and oxygen atoms in total. The van der Waals surface area contributed by atoms with E-state index in [1.165, 1.54) is 0 Å². The highest BCUT2D eigenvalue weighted by Crippen LogP contribution is 2.21. The number of carbonyl (C=O) groups excluding carboxylic acids is 2. The van der Waals surface area contributed by atoms with Crippen LogP contribution in [0.1, 0.15) is 99.8 Å². The van der Waals surface area contributed by atoms with Crippen molar-refractivity contribution in [2.45, 2.75) is 79.1 Å². The number of carbonyl (C=O) groups is 2. The molecule has 0 radical (unpaired) electrons. The number of nitrogen functional groups attached to an aromatic ring is 1. The molecule has 2 atom stereocenters. The Morgan fingerprint density at radius 1 is 0.674 bits per heavy atom. The lowest BCUT2D eigenvalue weighted by Crippen LogP contribution is -2.14. The van der Waals surface area contributed by atoms with Crippen LogP contribution in [0.2, 0.25) is 0 Å². The van der Waals surface area contributed by atoms with E-state index in [1.807, 2.05) is 0 Å². The monoisotopic (exact) mass is 590 g/mol. The molecule has 3 aromatic rings. The number of anilines is 5. The van der Waals surface area contributed by atoms with Crippen LogP contribution in [0.3, 0.4) is 0 Å². The molecule has 43 heavy (non-hydrogen) atoms. The first-order valence-corrected chi connectivity index (χ1v) is 15.4. The van der Waals surface area contributed by atoms with Gasteiger partial charge in [0.2, 0.25) is 17.8 Å². The zero-order valence-electron chi connectivity index (χ0n) is 25.9. The van der Waals surface area contributed by atoms with Gasteiger partial charge in [-0.05, 0) is 73.2 Å². The molecule has 0 amide bonds. The van der Waals surface area contributed by atoms with Gasteiger partial charge in [-0.1, -0.05) is 66.2 Å². The Morgan fingerprint density at radius 3 is 1.42 bits per heavy atom. The molecule has 0 bridgehead atoms. The molecule has 3 rings (SSSR count). The lowest BCUT2D eigenvalue weighted by molar-refractivity contribution is 0.0419. The van der Waals surface area contributed by atoms with Crippen molar-refractivity contribution in [3.63, 3.8) is 0 Å². The van der Waals surface area contributed by atoms with Crippen LogP contribution in [-0.4, -0.2) is 40.1 Å². The van der Waals surface area contributed by atoms with Crippen molar-refractivity contribution < 1.29 is 19.1 Å². The van der Waals surface area contributed by atoms with Crippen LogP contribution in [-0.2, 0) is 9.47 Å². The van der Waals surface area contributed by atoms with Gasteiger partial charge >= 0.3 is 11.9 Å². The van der Waals surface area contributed by atoms with Gasteiger partial charge in [0.25, 0.3) is 0 Å². The van der Waals surface area contributed by atoms with E-state index < -0.39 is 0 Å². The fraction of sp³-hybridized carbons (Fsp3) is 0.485. The highest BCUT2D eigenvalue weighted by Gasteiger charge is 2.14. The van der Waals surface area contributed by atoms with E-state index in [0.29, 0.717) is 47.6 Å². The Bertz CT molecular complexity index is 1190. The number of esters is 2. The van der Waals surface area contributed by atoms with Crippen LogP contribution in [0.5, 0.6) is 0 Å². The molecule has 0 aliphatic rings. The summed E-state index contributed by atoms with van der Waals surface area (Å²) in [6, 6.07) is 13.8. The molecule has 10 heteroatoms. The van der Waals surface area contributed by atoms with Gasteiger partial charge in [0.1, 0.15) is 0 Å². The zero-order chi connectivity index (χ0) is 31.0. The average molecular weight is 591 g/mol. The number of hydrogen-bond acceptors (Lipinski definition) is 10. The highest BCUT2D eigenvalue weighted by molar-refractivity contribution is 5.90. The molecular formula is C33H46N6O4. The smallest absolute Gasteiger partial charge is 0.338 e. The molecule has 1 heterocycles. The van der Waals surface area contributed by atoms with E-state index in [-0.39, 0.29) is 29.8 Å². The number of ether oxygens (including phenoxy) is 2. The quantitative estimate of drug-likeness (QED) is 0.126. The minimum atomic E-state index is -0.339. The molecular weight excluding hydrogens is 544 g/mol. The number of hydrogen-bond donors (Lipinski definition) is 3. The fourth-order valence-electron chi connectivity index (χ4n) is 4.49. The van der Waals surface area contributed by atoms with E-state index in [0.717, 1.165) is 51.4 Å². The number of unbranched alkanes of at least 4 members (excludes halogenated alkanes) is 2. The summed E-state index contributed by atoms with van der Waals surface area (Å²) in [5.41, 5.74) is 8.22. The van der Waals surface area contributed by atoms with Crippen LogP contribution in [0.15, 0.2) is 48.5 Å². The molecule has 0 saturated carbocycles. The van der Waals surface area contributed by atoms with Gasteiger partial charge in [0.05, 0.1) is 24.3 Å². The van der Waals surface area contributed by atoms with Gasteiger partial charge in [-0.25, -0.2) is 9.59 Å². The molecule has 0 fully saturated rings. The van der Waals surface area contributed by atoms with Gasteiger partial charge < -0.3 is 25.8 Å². The van der Waals surface area contributed by atoms with Crippen LogP contribution in [0, 0.1) is 11.8 Å². The second kappa shape index (κ2) is 17.7. The summed E-state index contributed by atoms with van der Waals surface area (Å²) in [5, 5.41) is 6.18. The molecule has 0 aliphatic heterocycles. The summed E-state index contributed by atoms with van der Waals surface area (Å²) in [4.78, 5) is 37.7. The highest BCUT2D eigenvalue weighted by atomic mass is 16.5. The number of nitrogens with zero attached hydrogens (tertiary/aromatic N) is 3. The standard InChI is InChI=1S/C33H46N6O4/c1-5-9-11-23(7-3)21-42-29(40)25-13-17-27(18-14-25)35-32-37-31(34)38-33(39-32)36-28-19-15-26(16-20-28)30(41)43-22-24(8-4)12-10-6-2/h13-20,23-24H,5-12,21-22H2,1-4H3,(H4,34,35,36,37,38,39). The van der Waals surface area contributed by atoms with Crippen LogP contribution in [0.25, 0.3) is 0 Å². The predicted octanol–water partition coefficient (Wildman–Crippen LogP) is 7.69. The molecule has 232 valence electrons. The van der Waals surface area contributed by atoms with E-state index in [9.17, 15) is 9.59 Å². The molecule has 0 saturated heterocycles.